The minimum Gasteiger partial charge on any atom is -0.491 e. The third-order valence-electron chi connectivity index (χ3n) is 3.49. The van der Waals surface area contributed by atoms with Crippen LogP contribution >= 0.6 is 11.6 Å². The monoisotopic (exact) mass is 283 g/mol. The van der Waals surface area contributed by atoms with Gasteiger partial charge in [0, 0.05) is 11.6 Å². The predicted molar refractivity (Wildman–Crippen MR) is 78.0 cm³/mol. The Morgan fingerprint density at radius 1 is 1.32 bits per heavy atom. The van der Waals surface area contributed by atoms with Gasteiger partial charge in [-0.25, -0.2) is 0 Å². The fraction of sp³-hybridized carbons (Fsp3) is 0.600. The molecule has 106 valence electrons. The Kier molecular flexibility index (Phi) is 5.49. The molecule has 0 bridgehead atoms. The van der Waals surface area contributed by atoms with E-state index in [4.69, 9.17) is 16.3 Å². The van der Waals surface area contributed by atoms with Gasteiger partial charge in [0.2, 0.25) is 0 Å². The Balaban J connectivity index is 1.77. The zero-order chi connectivity index (χ0) is 13.7. The molecule has 19 heavy (non-hydrogen) atoms. The maximum Gasteiger partial charge on any atom is 0.122 e. The van der Waals surface area contributed by atoms with E-state index in [0.717, 1.165) is 24.4 Å². The van der Waals surface area contributed by atoms with Gasteiger partial charge in [0.1, 0.15) is 18.5 Å². The molecule has 0 radical (unpaired) electrons. The van der Waals surface area contributed by atoms with Crippen LogP contribution in [0.2, 0.25) is 5.02 Å². The van der Waals surface area contributed by atoms with E-state index in [2.05, 4.69) is 4.90 Å². The van der Waals surface area contributed by atoms with Gasteiger partial charge in [-0.1, -0.05) is 18.0 Å². The van der Waals surface area contributed by atoms with Crippen LogP contribution < -0.4 is 4.74 Å². The fourth-order valence-electron chi connectivity index (χ4n) is 2.45. The van der Waals surface area contributed by atoms with Crippen molar-refractivity contribution in [3.05, 3.63) is 28.8 Å². The number of ether oxygens (including phenoxy) is 1. The number of halogens is 1. The number of aryl methyl sites for hydroxylation is 1. The molecule has 0 saturated carbocycles. The summed E-state index contributed by atoms with van der Waals surface area (Å²) in [4.78, 5) is 2.31. The quantitative estimate of drug-likeness (QED) is 0.902. The van der Waals surface area contributed by atoms with Crippen molar-refractivity contribution in [3.63, 3.8) is 0 Å². The number of rotatable bonds is 5. The molecule has 1 saturated heterocycles. The molecule has 1 N–H and O–H groups in total. The lowest BCUT2D eigenvalue weighted by molar-refractivity contribution is 0.0615. The summed E-state index contributed by atoms with van der Waals surface area (Å²) in [5.41, 5.74) is 0.998. The molecule has 1 aliphatic rings. The van der Waals surface area contributed by atoms with Crippen molar-refractivity contribution in [3.8, 4) is 5.75 Å². The van der Waals surface area contributed by atoms with Crippen molar-refractivity contribution < 1.29 is 9.84 Å². The zero-order valence-electron chi connectivity index (χ0n) is 11.4. The molecule has 4 heteroatoms. The van der Waals surface area contributed by atoms with Crippen molar-refractivity contribution in [2.45, 2.75) is 32.3 Å². The number of hydrogen-bond acceptors (Lipinski definition) is 3. The first-order valence-electron chi connectivity index (χ1n) is 6.94. The van der Waals surface area contributed by atoms with Crippen molar-refractivity contribution >= 4 is 11.6 Å². The molecule has 1 aromatic carbocycles. The normalized spacial score (nSPS) is 18.3. The van der Waals surface area contributed by atoms with Crippen LogP contribution in [-0.4, -0.2) is 42.4 Å². The van der Waals surface area contributed by atoms with E-state index in [1.807, 2.05) is 19.1 Å². The van der Waals surface area contributed by atoms with E-state index in [1.165, 1.54) is 19.3 Å². The minimum atomic E-state index is -0.437. The van der Waals surface area contributed by atoms with E-state index in [9.17, 15) is 5.11 Å². The maximum absolute atomic E-state index is 10.0. The average molecular weight is 284 g/mol. The van der Waals surface area contributed by atoms with Crippen LogP contribution in [0.4, 0.5) is 0 Å². The number of β-amino-alcohol motifs (C(OH)–C–C–N with tert-alkyl or cyclic N) is 1. The molecule has 0 spiro atoms. The van der Waals surface area contributed by atoms with Crippen molar-refractivity contribution in [1.82, 2.24) is 4.90 Å². The van der Waals surface area contributed by atoms with Crippen LogP contribution in [0, 0.1) is 6.92 Å². The van der Waals surface area contributed by atoms with Gasteiger partial charge in [0.15, 0.2) is 0 Å². The summed E-state index contributed by atoms with van der Waals surface area (Å²) in [7, 11) is 0. The second-order valence-corrected chi connectivity index (χ2v) is 5.67. The van der Waals surface area contributed by atoms with E-state index < -0.39 is 6.10 Å². The molecule has 1 atom stereocenters. The maximum atomic E-state index is 10.0. The molecular weight excluding hydrogens is 262 g/mol. The second-order valence-electron chi connectivity index (χ2n) is 5.24. The highest BCUT2D eigenvalue weighted by Gasteiger charge is 2.15. The van der Waals surface area contributed by atoms with Gasteiger partial charge < -0.3 is 14.7 Å². The standard InChI is InChI=1S/C15H22ClNO2/c1-12-9-13(16)5-6-15(12)19-11-14(18)10-17-7-3-2-4-8-17/h5-6,9,14,18H,2-4,7-8,10-11H2,1H3. The Labute approximate surface area is 120 Å². The smallest absolute Gasteiger partial charge is 0.122 e. The molecule has 1 fully saturated rings. The summed E-state index contributed by atoms with van der Waals surface area (Å²) < 4.78 is 5.66. The molecule has 1 heterocycles. The van der Waals surface area contributed by atoms with Crippen molar-refractivity contribution in [1.29, 1.82) is 0 Å². The number of hydrogen-bond donors (Lipinski definition) is 1. The number of aliphatic hydroxyl groups is 1. The molecule has 3 nitrogen and oxygen atoms in total. The van der Waals surface area contributed by atoms with E-state index in [0.29, 0.717) is 18.2 Å². The van der Waals surface area contributed by atoms with Crippen LogP contribution in [0.15, 0.2) is 18.2 Å². The Morgan fingerprint density at radius 2 is 2.05 bits per heavy atom. The first-order valence-corrected chi connectivity index (χ1v) is 7.32. The molecular formula is C15H22ClNO2. The van der Waals surface area contributed by atoms with Gasteiger partial charge in [-0.15, -0.1) is 0 Å². The summed E-state index contributed by atoms with van der Waals surface area (Å²) in [6.07, 6.45) is 3.36. The molecule has 0 amide bonds. The van der Waals surface area contributed by atoms with Gasteiger partial charge >= 0.3 is 0 Å². The summed E-state index contributed by atoms with van der Waals surface area (Å²) >= 11 is 5.90. The topological polar surface area (TPSA) is 32.7 Å². The van der Waals surface area contributed by atoms with E-state index in [-0.39, 0.29) is 0 Å². The van der Waals surface area contributed by atoms with Crippen LogP contribution in [0.5, 0.6) is 5.75 Å². The SMILES string of the molecule is Cc1cc(Cl)ccc1OCC(O)CN1CCCCC1. The highest BCUT2D eigenvalue weighted by molar-refractivity contribution is 6.30. The highest BCUT2D eigenvalue weighted by atomic mass is 35.5. The van der Waals surface area contributed by atoms with E-state index in [1.54, 1.807) is 6.07 Å². The van der Waals surface area contributed by atoms with Crippen LogP contribution in [0.1, 0.15) is 24.8 Å². The summed E-state index contributed by atoms with van der Waals surface area (Å²) in [6, 6.07) is 5.53. The molecule has 1 unspecified atom stereocenters. The van der Waals surface area contributed by atoms with Gasteiger partial charge in [0.25, 0.3) is 0 Å². The third-order valence-corrected chi connectivity index (χ3v) is 3.72. The third kappa shape index (κ3) is 4.68. The number of piperidine rings is 1. The number of likely N-dealkylation sites (tertiary alicyclic amines) is 1. The van der Waals surface area contributed by atoms with Crippen molar-refractivity contribution in [2.24, 2.45) is 0 Å². The van der Waals surface area contributed by atoms with Gasteiger partial charge in [0.05, 0.1) is 0 Å². The Bertz CT molecular complexity index is 405. The lowest BCUT2D eigenvalue weighted by atomic mass is 10.1. The zero-order valence-corrected chi connectivity index (χ0v) is 12.2. The molecule has 0 aromatic heterocycles. The van der Waals surface area contributed by atoms with Crippen molar-refractivity contribution in [2.75, 3.05) is 26.2 Å². The summed E-state index contributed by atoms with van der Waals surface area (Å²) in [6.45, 7) is 5.18. The lowest BCUT2D eigenvalue weighted by Crippen LogP contribution is -2.38. The number of aliphatic hydroxyl groups excluding tert-OH is 1. The van der Waals surface area contributed by atoms with E-state index >= 15 is 0 Å². The largest absolute Gasteiger partial charge is 0.491 e. The molecule has 0 aliphatic carbocycles. The van der Waals surface area contributed by atoms with Gasteiger partial charge in [-0.3, -0.25) is 0 Å². The van der Waals surface area contributed by atoms with Gasteiger partial charge in [-0.05, 0) is 56.6 Å². The molecule has 1 aliphatic heterocycles. The van der Waals surface area contributed by atoms with Crippen LogP contribution in [-0.2, 0) is 0 Å². The molecule has 1 aromatic rings. The second kappa shape index (κ2) is 7.13. The predicted octanol–water partition coefficient (Wildman–Crippen LogP) is 2.87. The van der Waals surface area contributed by atoms with Crippen LogP contribution in [0.3, 0.4) is 0 Å². The first kappa shape index (κ1) is 14.6. The summed E-state index contributed by atoms with van der Waals surface area (Å²) in [5, 5.41) is 10.7. The minimum absolute atomic E-state index is 0.332. The Morgan fingerprint density at radius 3 is 2.74 bits per heavy atom. The Hall–Kier alpha value is -0.770. The first-order chi connectivity index (χ1) is 9.15. The highest BCUT2D eigenvalue weighted by Crippen LogP contribution is 2.22. The summed E-state index contributed by atoms with van der Waals surface area (Å²) in [5.74, 6) is 0.794. The van der Waals surface area contributed by atoms with Crippen LogP contribution in [0.25, 0.3) is 0 Å². The average Bonchev–Trinajstić information content (AvgIpc) is 2.39. The van der Waals surface area contributed by atoms with Gasteiger partial charge in [-0.2, -0.15) is 0 Å². The number of nitrogens with zero attached hydrogens (tertiary/aromatic N) is 1. The lowest BCUT2D eigenvalue weighted by Gasteiger charge is -2.28. The number of benzene rings is 1. The molecule has 2 rings (SSSR count). The fourth-order valence-corrected chi connectivity index (χ4v) is 2.68.